The molecule has 0 bridgehead atoms. The highest BCUT2D eigenvalue weighted by molar-refractivity contribution is 6.04. The quantitative estimate of drug-likeness (QED) is 0.743. The molecule has 0 aromatic heterocycles. The van der Waals surface area contributed by atoms with Crippen molar-refractivity contribution >= 4 is 29.2 Å². The van der Waals surface area contributed by atoms with Crippen molar-refractivity contribution in [1.29, 1.82) is 0 Å². The fraction of sp³-hybridized carbons (Fsp3) is 0.286. The van der Waals surface area contributed by atoms with Crippen molar-refractivity contribution in [2.75, 3.05) is 30.5 Å². The monoisotopic (exact) mass is 398 g/mol. The average molecular weight is 398 g/mol. The van der Waals surface area contributed by atoms with E-state index in [1.165, 1.54) is 25.3 Å². The van der Waals surface area contributed by atoms with Crippen LogP contribution in [-0.2, 0) is 9.59 Å². The van der Waals surface area contributed by atoms with Gasteiger partial charge in [0.2, 0.25) is 11.8 Å². The number of rotatable bonds is 7. The highest BCUT2D eigenvalue weighted by Crippen LogP contribution is 2.33. The third-order valence-corrected chi connectivity index (χ3v) is 4.65. The minimum Gasteiger partial charge on any atom is -0.496 e. The van der Waals surface area contributed by atoms with Gasteiger partial charge in [0.05, 0.1) is 25.3 Å². The van der Waals surface area contributed by atoms with Crippen molar-refractivity contribution < 1.29 is 29.0 Å². The number of anilines is 2. The lowest BCUT2D eigenvalue weighted by Gasteiger charge is -2.20. The molecule has 1 heterocycles. The summed E-state index contributed by atoms with van der Waals surface area (Å²) in [6.07, 6.45) is 0.0800. The van der Waals surface area contributed by atoms with Crippen LogP contribution in [0.2, 0.25) is 0 Å². The Morgan fingerprint density at radius 2 is 1.97 bits per heavy atom. The SMILES string of the molecule is CCOc1ccccc1N1CC(C(=O)Nc2ccc(C(=O)O)c(OC)c2)CC1=O. The summed E-state index contributed by atoms with van der Waals surface area (Å²) in [5.41, 5.74) is 1.04. The second-order valence-electron chi connectivity index (χ2n) is 6.52. The minimum atomic E-state index is -1.12. The number of carbonyl (C=O) groups excluding carboxylic acids is 2. The molecule has 1 atom stereocenters. The van der Waals surface area contributed by atoms with Gasteiger partial charge in [-0.3, -0.25) is 9.59 Å². The number of amides is 2. The maximum absolute atomic E-state index is 12.7. The first kappa shape index (κ1) is 20.2. The van der Waals surface area contributed by atoms with Crippen molar-refractivity contribution in [3.8, 4) is 11.5 Å². The lowest BCUT2D eigenvalue weighted by molar-refractivity contribution is -0.122. The van der Waals surface area contributed by atoms with Crippen LogP contribution in [0.5, 0.6) is 11.5 Å². The van der Waals surface area contributed by atoms with Gasteiger partial charge in [-0.15, -0.1) is 0 Å². The molecule has 2 aromatic rings. The number of benzene rings is 2. The second kappa shape index (κ2) is 8.64. The van der Waals surface area contributed by atoms with Gasteiger partial charge < -0.3 is 24.8 Å². The summed E-state index contributed by atoms with van der Waals surface area (Å²) in [5.74, 6) is -1.40. The molecule has 8 nitrogen and oxygen atoms in total. The molecule has 0 aliphatic carbocycles. The Morgan fingerprint density at radius 1 is 1.21 bits per heavy atom. The minimum absolute atomic E-state index is 0.000231. The zero-order valence-corrected chi connectivity index (χ0v) is 16.2. The number of carboxylic acids is 1. The van der Waals surface area contributed by atoms with Crippen LogP contribution < -0.4 is 19.7 Å². The highest BCUT2D eigenvalue weighted by Gasteiger charge is 2.36. The van der Waals surface area contributed by atoms with Gasteiger partial charge >= 0.3 is 5.97 Å². The maximum Gasteiger partial charge on any atom is 0.339 e. The van der Waals surface area contributed by atoms with E-state index in [-0.39, 0.29) is 36.1 Å². The standard InChI is InChI=1S/C21H22N2O6/c1-3-29-17-7-5-4-6-16(17)23-12-13(10-19(23)24)20(25)22-14-8-9-15(21(26)27)18(11-14)28-2/h4-9,11,13H,3,10,12H2,1-2H3,(H,22,25)(H,26,27). The van der Waals surface area contributed by atoms with E-state index in [0.717, 1.165) is 0 Å². The summed E-state index contributed by atoms with van der Waals surface area (Å²) in [6.45, 7) is 2.57. The number of para-hydroxylation sites is 2. The molecule has 0 radical (unpaired) electrons. The van der Waals surface area contributed by atoms with E-state index in [1.807, 2.05) is 19.1 Å². The average Bonchev–Trinajstić information content (AvgIpc) is 3.10. The van der Waals surface area contributed by atoms with Crippen LogP contribution in [0.4, 0.5) is 11.4 Å². The zero-order valence-electron chi connectivity index (χ0n) is 16.2. The predicted molar refractivity (Wildman–Crippen MR) is 107 cm³/mol. The third-order valence-electron chi connectivity index (χ3n) is 4.65. The molecule has 1 aliphatic heterocycles. The van der Waals surface area contributed by atoms with E-state index in [9.17, 15) is 14.4 Å². The Morgan fingerprint density at radius 3 is 2.66 bits per heavy atom. The predicted octanol–water partition coefficient (Wildman–Crippen LogP) is 2.78. The van der Waals surface area contributed by atoms with E-state index in [1.54, 1.807) is 17.0 Å². The van der Waals surface area contributed by atoms with Crippen molar-refractivity contribution in [2.45, 2.75) is 13.3 Å². The number of aromatic carboxylic acids is 1. The Bertz CT molecular complexity index is 943. The van der Waals surface area contributed by atoms with E-state index in [2.05, 4.69) is 5.32 Å². The van der Waals surface area contributed by atoms with Gasteiger partial charge in [0.1, 0.15) is 17.1 Å². The number of nitrogens with one attached hydrogen (secondary N) is 1. The molecular weight excluding hydrogens is 376 g/mol. The normalized spacial score (nSPS) is 15.9. The van der Waals surface area contributed by atoms with Gasteiger partial charge in [-0.25, -0.2) is 4.79 Å². The number of hydrogen-bond acceptors (Lipinski definition) is 5. The molecule has 1 aliphatic rings. The van der Waals surface area contributed by atoms with Gasteiger partial charge in [-0.1, -0.05) is 12.1 Å². The first-order valence-corrected chi connectivity index (χ1v) is 9.19. The molecule has 0 spiro atoms. The number of ether oxygens (including phenoxy) is 2. The first-order valence-electron chi connectivity index (χ1n) is 9.19. The van der Waals surface area contributed by atoms with Crippen molar-refractivity contribution in [2.24, 2.45) is 5.92 Å². The van der Waals surface area contributed by atoms with Crippen molar-refractivity contribution in [1.82, 2.24) is 0 Å². The number of methoxy groups -OCH3 is 1. The molecule has 29 heavy (non-hydrogen) atoms. The third kappa shape index (κ3) is 4.31. The van der Waals surface area contributed by atoms with Gasteiger partial charge in [0.15, 0.2) is 0 Å². The van der Waals surface area contributed by atoms with Crippen LogP contribution in [0.15, 0.2) is 42.5 Å². The lowest BCUT2D eigenvalue weighted by atomic mass is 10.1. The van der Waals surface area contributed by atoms with E-state index < -0.39 is 11.9 Å². The summed E-state index contributed by atoms with van der Waals surface area (Å²) in [4.78, 5) is 38.0. The molecule has 2 N–H and O–H groups in total. The molecule has 1 unspecified atom stereocenters. The first-order chi connectivity index (χ1) is 13.9. The summed E-state index contributed by atoms with van der Waals surface area (Å²) in [6, 6.07) is 11.5. The summed E-state index contributed by atoms with van der Waals surface area (Å²) in [7, 11) is 1.36. The van der Waals surface area contributed by atoms with Crippen LogP contribution in [-0.4, -0.2) is 43.2 Å². The van der Waals surface area contributed by atoms with Crippen LogP contribution >= 0.6 is 0 Å². The van der Waals surface area contributed by atoms with Gasteiger partial charge in [-0.2, -0.15) is 0 Å². The molecule has 152 valence electrons. The Labute approximate surface area is 168 Å². The Balaban J connectivity index is 1.74. The van der Waals surface area contributed by atoms with E-state index in [0.29, 0.717) is 23.7 Å². The molecule has 1 fully saturated rings. The number of hydrogen-bond donors (Lipinski definition) is 2. The van der Waals surface area contributed by atoms with Crippen LogP contribution in [0.1, 0.15) is 23.7 Å². The number of carboxylic acid groups (broad SMARTS) is 1. The summed E-state index contributed by atoms with van der Waals surface area (Å²) < 4.78 is 10.7. The molecule has 8 heteroatoms. The Hall–Kier alpha value is -3.55. The maximum atomic E-state index is 12.7. The Kier molecular flexibility index (Phi) is 6.01. The molecule has 2 aromatic carbocycles. The fourth-order valence-electron chi connectivity index (χ4n) is 3.26. The second-order valence-corrected chi connectivity index (χ2v) is 6.52. The summed E-state index contributed by atoms with van der Waals surface area (Å²) in [5, 5.41) is 11.9. The van der Waals surface area contributed by atoms with Gasteiger partial charge in [0.25, 0.3) is 0 Å². The highest BCUT2D eigenvalue weighted by atomic mass is 16.5. The van der Waals surface area contributed by atoms with E-state index in [4.69, 9.17) is 14.6 Å². The molecule has 0 saturated carbocycles. The van der Waals surface area contributed by atoms with E-state index >= 15 is 0 Å². The fourth-order valence-corrected chi connectivity index (χ4v) is 3.26. The zero-order chi connectivity index (χ0) is 21.0. The smallest absolute Gasteiger partial charge is 0.339 e. The van der Waals surface area contributed by atoms with Crippen LogP contribution in [0.3, 0.4) is 0 Å². The largest absolute Gasteiger partial charge is 0.496 e. The van der Waals surface area contributed by atoms with Gasteiger partial charge in [0, 0.05) is 24.7 Å². The molecular formula is C21H22N2O6. The molecule has 1 saturated heterocycles. The topological polar surface area (TPSA) is 105 Å². The lowest BCUT2D eigenvalue weighted by Crippen LogP contribution is -2.28. The number of nitrogens with zero attached hydrogens (tertiary/aromatic N) is 1. The van der Waals surface area contributed by atoms with Crippen molar-refractivity contribution in [3.63, 3.8) is 0 Å². The van der Waals surface area contributed by atoms with Crippen LogP contribution in [0, 0.1) is 5.92 Å². The molecule has 2 amide bonds. The van der Waals surface area contributed by atoms with Gasteiger partial charge in [-0.05, 0) is 31.2 Å². The number of carbonyl (C=O) groups is 3. The summed E-state index contributed by atoms with van der Waals surface area (Å²) >= 11 is 0. The van der Waals surface area contributed by atoms with Crippen molar-refractivity contribution in [3.05, 3.63) is 48.0 Å². The van der Waals surface area contributed by atoms with Crippen LogP contribution in [0.25, 0.3) is 0 Å². The molecule has 3 rings (SSSR count).